The van der Waals surface area contributed by atoms with Crippen LogP contribution < -0.4 is 15.5 Å². The summed E-state index contributed by atoms with van der Waals surface area (Å²) in [7, 11) is 1.79. The number of pyridine rings is 1. The van der Waals surface area contributed by atoms with Crippen LogP contribution in [0.25, 0.3) is 0 Å². The van der Waals surface area contributed by atoms with Gasteiger partial charge in [-0.2, -0.15) is 0 Å². The van der Waals surface area contributed by atoms with E-state index in [-0.39, 0.29) is 30.1 Å². The Labute approximate surface area is 184 Å². The van der Waals surface area contributed by atoms with Gasteiger partial charge in [-0.05, 0) is 37.1 Å². The first-order valence-corrected chi connectivity index (χ1v) is 9.45. The predicted molar refractivity (Wildman–Crippen MR) is 125 cm³/mol. The standard InChI is InChI=1S/C21H29N5O.HI/c1-16-5-4-6-18(11-16)13-24-21(22-3)25-14-19-7-8-23-20(12-19)26-9-10-27-17(2)15-26;/h4-8,11-12,17H,9-10,13-15H2,1-3H3,(H2,22,24,25);1H. The Kier molecular flexibility index (Phi) is 8.98. The first-order valence-electron chi connectivity index (χ1n) is 9.45. The molecule has 1 aliphatic rings. The molecule has 28 heavy (non-hydrogen) atoms. The molecule has 3 rings (SSSR count). The average molecular weight is 495 g/mol. The molecule has 0 spiro atoms. The largest absolute Gasteiger partial charge is 0.375 e. The highest BCUT2D eigenvalue weighted by Gasteiger charge is 2.18. The van der Waals surface area contributed by atoms with Crippen LogP contribution in [0.5, 0.6) is 0 Å². The number of nitrogens with zero attached hydrogens (tertiary/aromatic N) is 3. The quantitative estimate of drug-likeness (QED) is 0.380. The van der Waals surface area contributed by atoms with Gasteiger partial charge in [0.1, 0.15) is 5.82 Å². The molecule has 152 valence electrons. The monoisotopic (exact) mass is 495 g/mol. The smallest absolute Gasteiger partial charge is 0.191 e. The molecule has 6 nitrogen and oxygen atoms in total. The Balaban J connectivity index is 0.00000280. The fourth-order valence-corrected chi connectivity index (χ4v) is 3.18. The normalized spacial score (nSPS) is 17.0. The highest BCUT2D eigenvalue weighted by molar-refractivity contribution is 14.0. The van der Waals surface area contributed by atoms with Gasteiger partial charge in [0.15, 0.2) is 5.96 Å². The molecule has 1 atom stereocenters. The maximum absolute atomic E-state index is 5.62. The van der Waals surface area contributed by atoms with Gasteiger partial charge in [-0.3, -0.25) is 4.99 Å². The number of halogens is 1. The van der Waals surface area contributed by atoms with E-state index < -0.39 is 0 Å². The van der Waals surface area contributed by atoms with Crippen molar-refractivity contribution in [2.75, 3.05) is 31.6 Å². The molecule has 1 unspecified atom stereocenters. The predicted octanol–water partition coefficient (Wildman–Crippen LogP) is 3.10. The van der Waals surface area contributed by atoms with Gasteiger partial charge in [0.2, 0.25) is 0 Å². The Morgan fingerprint density at radius 3 is 2.64 bits per heavy atom. The van der Waals surface area contributed by atoms with Crippen molar-refractivity contribution in [1.29, 1.82) is 0 Å². The number of rotatable bonds is 5. The number of aryl methyl sites for hydroxylation is 1. The lowest BCUT2D eigenvalue weighted by atomic mass is 10.1. The maximum Gasteiger partial charge on any atom is 0.191 e. The average Bonchev–Trinajstić information content (AvgIpc) is 2.68. The summed E-state index contributed by atoms with van der Waals surface area (Å²) in [5, 5.41) is 6.74. The number of nitrogens with one attached hydrogen (secondary N) is 2. The van der Waals surface area contributed by atoms with Gasteiger partial charge in [0, 0.05) is 39.4 Å². The summed E-state index contributed by atoms with van der Waals surface area (Å²) in [6, 6.07) is 12.7. The summed E-state index contributed by atoms with van der Waals surface area (Å²) in [6.07, 6.45) is 2.11. The molecule has 7 heteroatoms. The Morgan fingerprint density at radius 1 is 1.21 bits per heavy atom. The minimum absolute atomic E-state index is 0. The van der Waals surface area contributed by atoms with Crippen LogP contribution in [0, 0.1) is 6.92 Å². The van der Waals surface area contributed by atoms with Crippen molar-refractivity contribution in [3.05, 3.63) is 59.3 Å². The summed E-state index contributed by atoms with van der Waals surface area (Å²) < 4.78 is 5.62. The zero-order chi connectivity index (χ0) is 19.1. The summed E-state index contributed by atoms with van der Waals surface area (Å²) in [5.74, 6) is 1.79. The molecule has 1 aliphatic heterocycles. The molecule has 1 aromatic heterocycles. The summed E-state index contributed by atoms with van der Waals surface area (Å²) in [4.78, 5) is 11.1. The van der Waals surface area contributed by atoms with E-state index in [1.165, 1.54) is 16.7 Å². The third-order valence-electron chi connectivity index (χ3n) is 4.60. The van der Waals surface area contributed by atoms with Crippen molar-refractivity contribution in [3.8, 4) is 0 Å². The maximum atomic E-state index is 5.62. The topological polar surface area (TPSA) is 61.8 Å². The number of benzene rings is 1. The van der Waals surface area contributed by atoms with Crippen LogP contribution >= 0.6 is 24.0 Å². The van der Waals surface area contributed by atoms with E-state index in [4.69, 9.17) is 4.74 Å². The second kappa shape index (κ2) is 11.2. The number of morpholine rings is 1. The van der Waals surface area contributed by atoms with Crippen LogP contribution in [-0.2, 0) is 17.8 Å². The van der Waals surface area contributed by atoms with Gasteiger partial charge < -0.3 is 20.3 Å². The van der Waals surface area contributed by atoms with E-state index in [1.54, 1.807) is 7.05 Å². The van der Waals surface area contributed by atoms with Crippen molar-refractivity contribution < 1.29 is 4.74 Å². The molecule has 0 amide bonds. The number of hydrogen-bond acceptors (Lipinski definition) is 4. The fourth-order valence-electron chi connectivity index (χ4n) is 3.18. The Morgan fingerprint density at radius 2 is 1.96 bits per heavy atom. The molecule has 2 aromatic rings. The molecule has 2 heterocycles. The molecule has 0 aliphatic carbocycles. The molecule has 0 saturated carbocycles. The SMILES string of the molecule is CN=C(NCc1cccc(C)c1)NCc1ccnc(N2CCOC(C)C2)c1.I. The zero-order valence-corrected chi connectivity index (χ0v) is 19.1. The number of aliphatic imine (C=N–C) groups is 1. The molecule has 1 fully saturated rings. The number of ether oxygens (including phenoxy) is 1. The third-order valence-corrected chi connectivity index (χ3v) is 4.60. The van der Waals surface area contributed by atoms with Crippen LogP contribution in [0.3, 0.4) is 0 Å². The van der Waals surface area contributed by atoms with Crippen molar-refractivity contribution in [2.45, 2.75) is 33.0 Å². The number of hydrogen-bond donors (Lipinski definition) is 2. The van der Waals surface area contributed by atoms with Crippen LogP contribution in [0.1, 0.15) is 23.6 Å². The minimum atomic E-state index is 0. The van der Waals surface area contributed by atoms with Gasteiger partial charge in [0.05, 0.1) is 12.7 Å². The van der Waals surface area contributed by atoms with Crippen LogP contribution in [-0.4, -0.2) is 43.8 Å². The van der Waals surface area contributed by atoms with Crippen molar-refractivity contribution in [2.24, 2.45) is 4.99 Å². The van der Waals surface area contributed by atoms with E-state index in [0.29, 0.717) is 6.54 Å². The van der Waals surface area contributed by atoms with E-state index in [9.17, 15) is 0 Å². The van der Waals surface area contributed by atoms with E-state index in [1.807, 2.05) is 12.3 Å². The molecular weight excluding hydrogens is 465 g/mol. The molecule has 0 bridgehead atoms. The first kappa shape index (κ1) is 22.4. The van der Waals surface area contributed by atoms with Crippen LogP contribution in [0.4, 0.5) is 5.82 Å². The Hall–Kier alpha value is -1.87. The Bertz CT molecular complexity index is 783. The lowest BCUT2D eigenvalue weighted by Gasteiger charge is -2.32. The second-order valence-electron chi connectivity index (χ2n) is 6.92. The summed E-state index contributed by atoms with van der Waals surface area (Å²) in [5.41, 5.74) is 3.68. The lowest BCUT2D eigenvalue weighted by molar-refractivity contribution is 0.0529. The van der Waals surface area contributed by atoms with Crippen LogP contribution in [0.2, 0.25) is 0 Å². The van der Waals surface area contributed by atoms with Crippen molar-refractivity contribution in [1.82, 2.24) is 15.6 Å². The second-order valence-corrected chi connectivity index (χ2v) is 6.92. The number of anilines is 1. The summed E-state index contributed by atoms with van der Waals surface area (Å²) in [6.45, 7) is 8.16. The highest BCUT2D eigenvalue weighted by atomic mass is 127. The lowest BCUT2D eigenvalue weighted by Crippen LogP contribution is -2.41. The van der Waals surface area contributed by atoms with Gasteiger partial charge in [-0.15, -0.1) is 24.0 Å². The molecule has 1 saturated heterocycles. The number of aromatic nitrogens is 1. The highest BCUT2D eigenvalue weighted by Crippen LogP contribution is 2.16. The van der Waals surface area contributed by atoms with Gasteiger partial charge >= 0.3 is 0 Å². The molecule has 2 N–H and O–H groups in total. The van der Waals surface area contributed by atoms with Crippen molar-refractivity contribution >= 4 is 35.8 Å². The van der Waals surface area contributed by atoms with Gasteiger partial charge in [-0.1, -0.05) is 29.8 Å². The van der Waals surface area contributed by atoms with E-state index in [0.717, 1.165) is 38.0 Å². The first-order chi connectivity index (χ1) is 13.1. The van der Waals surface area contributed by atoms with Gasteiger partial charge in [0.25, 0.3) is 0 Å². The van der Waals surface area contributed by atoms with Gasteiger partial charge in [-0.25, -0.2) is 4.98 Å². The van der Waals surface area contributed by atoms with Crippen molar-refractivity contribution in [3.63, 3.8) is 0 Å². The summed E-state index contributed by atoms with van der Waals surface area (Å²) >= 11 is 0. The van der Waals surface area contributed by atoms with E-state index >= 15 is 0 Å². The molecule has 0 radical (unpaired) electrons. The third kappa shape index (κ3) is 6.63. The van der Waals surface area contributed by atoms with Crippen LogP contribution in [0.15, 0.2) is 47.6 Å². The zero-order valence-electron chi connectivity index (χ0n) is 16.8. The molecular formula is C21H30IN5O. The minimum Gasteiger partial charge on any atom is -0.375 e. The molecule has 1 aromatic carbocycles. The number of guanidine groups is 1. The van der Waals surface area contributed by atoms with E-state index in [2.05, 4.69) is 69.7 Å². The fraction of sp³-hybridized carbons (Fsp3) is 0.429.